The second-order valence-electron chi connectivity index (χ2n) is 5.11. The Morgan fingerprint density at radius 1 is 1.44 bits per heavy atom. The summed E-state index contributed by atoms with van der Waals surface area (Å²) < 4.78 is 0. The maximum atomic E-state index is 5.65. The molecule has 0 aromatic carbocycles. The van der Waals surface area contributed by atoms with E-state index in [4.69, 9.17) is 5.73 Å². The van der Waals surface area contributed by atoms with Crippen molar-refractivity contribution in [2.24, 2.45) is 5.73 Å². The Morgan fingerprint density at radius 3 is 2.78 bits per heavy atom. The number of nitrogens with zero attached hydrogens (tertiary/aromatic N) is 3. The molecule has 0 bridgehead atoms. The van der Waals surface area contributed by atoms with Crippen molar-refractivity contribution in [2.75, 3.05) is 31.1 Å². The van der Waals surface area contributed by atoms with Crippen molar-refractivity contribution in [2.45, 2.75) is 33.4 Å². The Labute approximate surface area is 110 Å². The zero-order valence-electron chi connectivity index (χ0n) is 11.7. The van der Waals surface area contributed by atoms with Gasteiger partial charge in [-0.25, -0.2) is 4.98 Å². The summed E-state index contributed by atoms with van der Waals surface area (Å²) in [5.74, 6) is 1.12. The van der Waals surface area contributed by atoms with Crippen LogP contribution in [0.1, 0.15) is 25.0 Å². The number of anilines is 1. The lowest BCUT2D eigenvalue weighted by molar-refractivity contribution is 0.199. The van der Waals surface area contributed by atoms with Crippen LogP contribution < -0.4 is 10.6 Å². The molecule has 4 heteroatoms. The quantitative estimate of drug-likeness (QED) is 0.878. The summed E-state index contributed by atoms with van der Waals surface area (Å²) in [5.41, 5.74) is 7.98. The van der Waals surface area contributed by atoms with Gasteiger partial charge in [0.15, 0.2) is 0 Å². The number of likely N-dealkylation sites (N-methyl/N-ethyl adjacent to an activating group) is 1. The van der Waals surface area contributed by atoms with Crippen LogP contribution in [0.25, 0.3) is 0 Å². The number of aromatic nitrogens is 1. The molecule has 1 aliphatic rings. The van der Waals surface area contributed by atoms with Gasteiger partial charge in [0.25, 0.3) is 0 Å². The predicted molar refractivity (Wildman–Crippen MR) is 75.8 cm³/mol. The van der Waals surface area contributed by atoms with Gasteiger partial charge in [-0.15, -0.1) is 0 Å². The molecule has 2 heterocycles. The summed E-state index contributed by atoms with van der Waals surface area (Å²) in [4.78, 5) is 9.49. The van der Waals surface area contributed by atoms with E-state index in [9.17, 15) is 0 Å². The topological polar surface area (TPSA) is 45.4 Å². The second-order valence-corrected chi connectivity index (χ2v) is 5.11. The third-order valence-electron chi connectivity index (χ3n) is 3.81. The number of nitrogens with two attached hydrogens (primary N) is 1. The van der Waals surface area contributed by atoms with Crippen LogP contribution in [0.4, 0.5) is 5.82 Å². The van der Waals surface area contributed by atoms with Crippen LogP contribution in [0.3, 0.4) is 0 Å². The molecule has 0 radical (unpaired) electrons. The normalized spacial score (nSPS) is 21.3. The molecule has 2 rings (SSSR count). The fourth-order valence-corrected chi connectivity index (χ4v) is 2.73. The minimum atomic E-state index is 0.564. The fraction of sp³-hybridized carbons (Fsp3) is 0.643. The first-order valence-electron chi connectivity index (χ1n) is 6.80. The number of hydrogen-bond acceptors (Lipinski definition) is 4. The number of pyridine rings is 1. The third kappa shape index (κ3) is 2.65. The lowest BCUT2D eigenvalue weighted by Crippen LogP contribution is -2.52. The van der Waals surface area contributed by atoms with Gasteiger partial charge in [-0.3, -0.25) is 4.90 Å². The lowest BCUT2D eigenvalue weighted by Gasteiger charge is -2.40. The third-order valence-corrected chi connectivity index (χ3v) is 3.81. The molecule has 0 saturated carbocycles. The zero-order valence-corrected chi connectivity index (χ0v) is 11.7. The Morgan fingerprint density at radius 2 is 2.22 bits per heavy atom. The second kappa shape index (κ2) is 5.67. The van der Waals surface area contributed by atoms with Gasteiger partial charge >= 0.3 is 0 Å². The molecule has 1 unspecified atom stereocenters. The molecule has 0 aliphatic carbocycles. The van der Waals surface area contributed by atoms with Gasteiger partial charge < -0.3 is 10.6 Å². The molecule has 1 aromatic heterocycles. The summed E-state index contributed by atoms with van der Waals surface area (Å²) in [7, 11) is 0. The monoisotopic (exact) mass is 248 g/mol. The number of piperazine rings is 1. The lowest BCUT2D eigenvalue weighted by atomic mass is 10.1. The Balaban J connectivity index is 2.13. The molecule has 1 aromatic rings. The predicted octanol–water partition coefficient (Wildman–Crippen LogP) is 1.38. The highest BCUT2D eigenvalue weighted by molar-refractivity contribution is 5.48. The van der Waals surface area contributed by atoms with Crippen molar-refractivity contribution in [3.8, 4) is 0 Å². The van der Waals surface area contributed by atoms with Crippen molar-refractivity contribution in [1.29, 1.82) is 0 Å². The molecule has 18 heavy (non-hydrogen) atoms. The summed E-state index contributed by atoms with van der Waals surface area (Å²) in [6.45, 7) is 11.6. The van der Waals surface area contributed by atoms with Gasteiger partial charge in [-0.05, 0) is 37.6 Å². The summed E-state index contributed by atoms with van der Waals surface area (Å²) in [6, 6.07) is 2.75. The number of rotatable bonds is 3. The van der Waals surface area contributed by atoms with E-state index >= 15 is 0 Å². The van der Waals surface area contributed by atoms with E-state index in [0.29, 0.717) is 12.6 Å². The van der Waals surface area contributed by atoms with E-state index in [1.165, 1.54) is 5.56 Å². The van der Waals surface area contributed by atoms with Gasteiger partial charge in [0.1, 0.15) is 5.82 Å². The van der Waals surface area contributed by atoms with Crippen molar-refractivity contribution in [3.05, 3.63) is 23.4 Å². The van der Waals surface area contributed by atoms with E-state index in [1.54, 1.807) is 0 Å². The molecular formula is C14H24N4. The van der Waals surface area contributed by atoms with Gasteiger partial charge in [0.05, 0.1) is 0 Å². The molecule has 0 amide bonds. The van der Waals surface area contributed by atoms with Crippen molar-refractivity contribution >= 4 is 5.82 Å². The van der Waals surface area contributed by atoms with Crippen LogP contribution in [-0.2, 0) is 6.54 Å². The van der Waals surface area contributed by atoms with Crippen LogP contribution in [-0.4, -0.2) is 42.1 Å². The fourth-order valence-electron chi connectivity index (χ4n) is 2.73. The minimum absolute atomic E-state index is 0.564. The first-order valence-corrected chi connectivity index (χ1v) is 6.80. The standard InChI is InChI=1S/C14H24N4/c1-4-17-5-6-18(10-12(17)3)14-11(2)7-13(8-15)9-16-14/h7,9,12H,4-6,8,10,15H2,1-3H3. The van der Waals surface area contributed by atoms with Crippen LogP contribution in [0, 0.1) is 6.92 Å². The van der Waals surface area contributed by atoms with Gasteiger partial charge in [-0.1, -0.05) is 6.92 Å². The molecule has 1 fully saturated rings. The summed E-state index contributed by atoms with van der Waals surface area (Å²) >= 11 is 0. The highest BCUT2D eigenvalue weighted by Gasteiger charge is 2.23. The largest absolute Gasteiger partial charge is 0.354 e. The van der Waals surface area contributed by atoms with Crippen LogP contribution in [0.15, 0.2) is 12.3 Å². The van der Waals surface area contributed by atoms with E-state index < -0.39 is 0 Å². The van der Waals surface area contributed by atoms with Gasteiger partial charge in [0, 0.05) is 38.4 Å². The van der Waals surface area contributed by atoms with E-state index in [-0.39, 0.29) is 0 Å². The zero-order chi connectivity index (χ0) is 13.1. The summed E-state index contributed by atoms with van der Waals surface area (Å²) in [6.07, 6.45) is 1.90. The highest BCUT2D eigenvalue weighted by atomic mass is 15.3. The van der Waals surface area contributed by atoms with E-state index in [2.05, 4.69) is 41.6 Å². The maximum Gasteiger partial charge on any atom is 0.131 e. The average molecular weight is 248 g/mol. The van der Waals surface area contributed by atoms with Gasteiger partial charge in [0.2, 0.25) is 0 Å². The molecule has 1 aliphatic heterocycles. The van der Waals surface area contributed by atoms with E-state index in [1.807, 2.05) is 6.20 Å². The molecule has 1 saturated heterocycles. The molecule has 0 spiro atoms. The van der Waals surface area contributed by atoms with Crippen LogP contribution in [0.5, 0.6) is 0 Å². The molecule has 4 nitrogen and oxygen atoms in total. The van der Waals surface area contributed by atoms with Crippen molar-refractivity contribution in [3.63, 3.8) is 0 Å². The summed E-state index contributed by atoms with van der Waals surface area (Å²) in [5, 5.41) is 0. The van der Waals surface area contributed by atoms with Crippen molar-refractivity contribution < 1.29 is 0 Å². The Hall–Kier alpha value is -1.13. The first kappa shape index (κ1) is 13.3. The maximum absolute atomic E-state index is 5.65. The number of hydrogen-bond donors (Lipinski definition) is 1. The number of aryl methyl sites for hydroxylation is 1. The first-order chi connectivity index (χ1) is 8.65. The van der Waals surface area contributed by atoms with Crippen LogP contribution >= 0.6 is 0 Å². The van der Waals surface area contributed by atoms with E-state index in [0.717, 1.165) is 37.6 Å². The smallest absolute Gasteiger partial charge is 0.131 e. The molecular weight excluding hydrogens is 224 g/mol. The Kier molecular flexibility index (Phi) is 4.19. The Bertz CT molecular complexity index is 405. The minimum Gasteiger partial charge on any atom is -0.354 e. The highest BCUT2D eigenvalue weighted by Crippen LogP contribution is 2.21. The van der Waals surface area contributed by atoms with Crippen LogP contribution in [0.2, 0.25) is 0 Å². The van der Waals surface area contributed by atoms with Gasteiger partial charge in [-0.2, -0.15) is 0 Å². The van der Waals surface area contributed by atoms with Crippen molar-refractivity contribution in [1.82, 2.24) is 9.88 Å². The molecule has 1 atom stereocenters. The SMILES string of the molecule is CCN1CCN(c2ncc(CN)cc2C)CC1C. The molecule has 2 N–H and O–H groups in total. The molecule has 100 valence electrons. The average Bonchev–Trinajstić information content (AvgIpc) is 2.38.